The third-order valence-corrected chi connectivity index (χ3v) is 2.69. The second-order valence-corrected chi connectivity index (χ2v) is 4.01. The first-order valence-electron chi connectivity index (χ1n) is 5.35. The number of benzene rings is 2. The van der Waals surface area contributed by atoms with Crippen LogP contribution in [0.15, 0.2) is 36.4 Å². The van der Waals surface area contributed by atoms with Gasteiger partial charge in [-0.15, -0.1) is 0 Å². The van der Waals surface area contributed by atoms with Gasteiger partial charge in [-0.05, 0) is 42.8 Å². The predicted octanol–water partition coefficient (Wildman–Crippen LogP) is 3.09. The number of aryl methyl sites for hydroxylation is 1. The van der Waals surface area contributed by atoms with E-state index in [1.807, 2.05) is 0 Å². The van der Waals surface area contributed by atoms with Gasteiger partial charge >= 0.3 is 0 Å². The van der Waals surface area contributed by atoms with Gasteiger partial charge < -0.3 is 5.73 Å². The molecule has 0 aliphatic carbocycles. The summed E-state index contributed by atoms with van der Waals surface area (Å²) in [6.45, 7) is 1.44. The molecule has 92 valence electrons. The molecule has 2 N–H and O–H groups in total. The van der Waals surface area contributed by atoms with Crippen molar-refractivity contribution in [2.24, 2.45) is 0 Å². The van der Waals surface area contributed by atoms with Crippen LogP contribution in [0.5, 0.6) is 0 Å². The van der Waals surface area contributed by atoms with Crippen LogP contribution in [0.4, 0.5) is 14.5 Å². The van der Waals surface area contributed by atoms with Gasteiger partial charge in [0.15, 0.2) is 17.4 Å². The highest BCUT2D eigenvalue weighted by Gasteiger charge is 2.18. The molecule has 0 saturated heterocycles. The molecule has 0 radical (unpaired) electrons. The maximum absolute atomic E-state index is 13.7. The molecule has 0 unspecified atom stereocenters. The number of ketones is 1. The molecule has 2 aromatic rings. The molecular formula is C14H11F2NO. The molecule has 0 saturated carbocycles. The van der Waals surface area contributed by atoms with Crippen molar-refractivity contribution in [2.75, 3.05) is 5.73 Å². The standard InChI is InChI=1S/C14H11F2NO/c1-8-2-7-11(13(16)12(8)15)14(18)9-3-5-10(17)6-4-9/h2-7H,17H2,1H3. The smallest absolute Gasteiger partial charge is 0.196 e. The van der Waals surface area contributed by atoms with E-state index in [9.17, 15) is 13.6 Å². The van der Waals surface area contributed by atoms with Crippen molar-refractivity contribution in [3.63, 3.8) is 0 Å². The maximum Gasteiger partial charge on any atom is 0.196 e. The van der Waals surface area contributed by atoms with Crippen molar-refractivity contribution in [3.05, 3.63) is 64.7 Å². The first-order valence-corrected chi connectivity index (χ1v) is 5.35. The fraction of sp³-hybridized carbons (Fsp3) is 0.0714. The molecule has 4 heteroatoms. The van der Waals surface area contributed by atoms with Gasteiger partial charge in [0.2, 0.25) is 0 Å². The number of halogens is 2. The summed E-state index contributed by atoms with van der Waals surface area (Å²) >= 11 is 0. The summed E-state index contributed by atoms with van der Waals surface area (Å²) in [7, 11) is 0. The Kier molecular flexibility index (Phi) is 3.10. The molecule has 0 aliphatic rings. The first-order chi connectivity index (χ1) is 8.50. The minimum Gasteiger partial charge on any atom is -0.399 e. The maximum atomic E-state index is 13.7. The minimum absolute atomic E-state index is 0.168. The van der Waals surface area contributed by atoms with Gasteiger partial charge in [-0.2, -0.15) is 0 Å². The van der Waals surface area contributed by atoms with Crippen LogP contribution in [0.1, 0.15) is 21.5 Å². The molecule has 0 amide bonds. The van der Waals surface area contributed by atoms with Gasteiger partial charge in [0.1, 0.15) is 0 Å². The Bertz CT molecular complexity index is 606. The number of nitrogens with two attached hydrogens (primary N) is 1. The molecular weight excluding hydrogens is 236 g/mol. The first kappa shape index (κ1) is 12.2. The van der Waals surface area contributed by atoms with Crippen molar-refractivity contribution in [2.45, 2.75) is 6.92 Å². The Labute approximate surface area is 103 Å². The summed E-state index contributed by atoms with van der Waals surface area (Å²) in [6.07, 6.45) is 0. The average molecular weight is 247 g/mol. The van der Waals surface area contributed by atoms with E-state index in [1.165, 1.54) is 43.3 Å². The Morgan fingerprint density at radius 1 is 1.00 bits per heavy atom. The summed E-state index contributed by atoms with van der Waals surface area (Å²) in [4.78, 5) is 12.0. The van der Waals surface area contributed by atoms with Crippen molar-refractivity contribution < 1.29 is 13.6 Å². The molecule has 18 heavy (non-hydrogen) atoms. The number of nitrogen functional groups attached to an aromatic ring is 1. The second-order valence-electron chi connectivity index (χ2n) is 4.01. The van der Waals surface area contributed by atoms with Crippen molar-refractivity contribution in [1.29, 1.82) is 0 Å². The van der Waals surface area contributed by atoms with E-state index in [0.29, 0.717) is 5.69 Å². The van der Waals surface area contributed by atoms with Crippen LogP contribution in [0.3, 0.4) is 0 Å². The van der Waals surface area contributed by atoms with Crippen molar-refractivity contribution in [3.8, 4) is 0 Å². The average Bonchev–Trinajstić information content (AvgIpc) is 2.36. The van der Waals surface area contributed by atoms with Crippen LogP contribution in [-0.2, 0) is 0 Å². The number of carbonyl (C=O) groups excluding carboxylic acids is 1. The third kappa shape index (κ3) is 2.09. The molecule has 0 spiro atoms. The van der Waals surface area contributed by atoms with Gasteiger partial charge in [0.25, 0.3) is 0 Å². The fourth-order valence-corrected chi connectivity index (χ4v) is 1.61. The quantitative estimate of drug-likeness (QED) is 0.654. The number of rotatable bonds is 2. The summed E-state index contributed by atoms with van der Waals surface area (Å²) < 4.78 is 27.0. The van der Waals surface area contributed by atoms with Crippen LogP contribution in [0, 0.1) is 18.6 Å². The highest BCUT2D eigenvalue weighted by molar-refractivity contribution is 6.09. The van der Waals surface area contributed by atoms with E-state index < -0.39 is 17.4 Å². The molecule has 0 bridgehead atoms. The largest absolute Gasteiger partial charge is 0.399 e. The normalized spacial score (nSPS) is 10.4. The highest BCUT2D eigenvalue weighted by atomic mass is 19.2. The summed E-state index contributed by atoms with van der Waals surface area (Å²) in [6, 6.07) is 8.70. The molecule has 0 heterocycles. The monoisotopic (exact) mass is 247 g/mol. The molecule has 2 rings (SSSR count). The number of carbonyl (C=O) groups is 1. The zero-order chi connectivity index (χ0) is 13.3. The van der Waals surface area contributed by atoms with Crippen LogP contribution in [0.25, 0.3) is 0 Å². The summed E-state index contributed by atoms with van der Waals surface area (Å²) in [5.41, 5.74) is 6.16. The lowest BCUT2D eigenvalue weighted by molar-refractivity contribution is 0.103. The van der Waals surface area contributed by atoms with E-state index in [-0.39, 0.29) is 16.7 Å². The molecule has 0 fully saturated rings. The van der Waals surface area contributed by atoms with Crippen LogP contribution >= 0.6 is 0 Å². The topological polar surface area (TPSA) is 43.1 Å². The predicted molar refractivity (Wildman–Crippen MR) is 65.4 cm³/mol. The Morgan fingerprint density at radius 3 is 2.22 bits per heavy atom. The Hall–Kier alpha value is -2.23. The lowest BCUT2D eigenvalue weighted by Crippen LogP contribution is -2.07. The van der Waals surface area contributed by atoms with Crippen molar-refractivity contribution in [1.82, 2.24) is 0 Å². The van der Waals surface area contributed by atoms with E-state index in [0.717, 1.165) is 0 Å². The van der Waals surface area contributed by atoms with Gasteiger partial charge in [-0.25, -0.2) is 8.78 Å². The molecule has 0 atom stereocenters. The third-order valence-electron chi connectivity index (χ3n) is 2.69. The van der Waals surface area contributed by atoms with Gasteiger partial charge in [-0.3, -0.25) is 4.79 Å². The van der Waals surface area contributed by atoms with E-state index in [4.69, 9.17) is 5.73 Å². The van der Waals surface area contributed by atoms with Crippen LogP contribution in [-0.4, -0.2) is 5.78 Å². The van der Waals surface area contributed by atoms with Crippen molar-refractivity contribution >= 4 is 11.5 Å². The number of hydrogen-bond donors (Lipinski definition) is 1. The molecule has 0 aromatic heterocycles. The summed E-state index contributed by atoms with van der Waals surface area (Å²) in [5, 5.41) is 0. The van der Waals surface area contributed by atoms with E-state index in [2.05, 4.69) is 0 Å². The molecule has 2 aromatic carbocycles. The zero-order valence-corrected chi connectivity index (χ0v) is 9.71. The lowest BCUT2D eigenvalue weighted by Gasteiger charge is -2.05. The summed E-state index contributed by atoms with van der Waals surface area (Å²) in [5.74, 6) is -2.67. The van der Waals surface area contributed by atoms with Crippen LogP contribution < -0.4 is 5.73 Å². The number of hydrogen-bond acceptors (Lipinski definition) is 2. The SMILES string of the molecule is Cc1ccc(C(=O)c2ccc(N)cc2)c(F)c1F. The zero-order valence-electron chi connectivity index (χ0n) is 9.71. The number of anilines is 1. The van der Waals surface area contributed by atoms with Gasteiger partial charge in [-0.1, -0.05) is 6.07 Å². The van der Waals surface area contributed by atoms with E-state index in [1.54, 1.807) is 0 Å². The van der Waals surface area contributed by atoms with Gasteiger partial charge in [0.05, 0.1) is 5.56 Å². The fourth-order valence-electron chi connectivity index (χ4n) is 1.61. The Balaban J connectivity index is 2.46. The second kappa shape index (κ2) is 4.56. The molecule has 2 nitrogen and oxygen atoms in total. The minimum atomic E-state index is -1.11. The molecule has 0 aliphatic heterocycles. The highest BCUT2D eigenvalue weighted by Crippen LogP contribution is 2.19. The lowest BCUT2D eigenvalue weighted by atomic mass is 10.0. The van der Waals surface area contributed by atoms with Crippen LogP contribution in [0.2, 0.25) is 0 Å². The Morgan fingerprint density at radius 2 is 1.61 bits per heavy atom. The van der Waals surface area contributed by atoms with Gasteiger partial charge in [0, 0.05) is 11.3 Å². The van der Waals surface area contributed by atoms with E-state index >= 15 is 0 Å².